The van der Waals surface area contributed by atoms with Crippen LogP contribution >= 0.6 is 0 Å². The van der Waals surface area contributed by atoms with Crippen molar-refractivity contribution in [1.29, 1.82) is 0 Å². The molecule has 1 fully saturated rings. The van der Waals surface area contributed by atoms with Crippen molar-refractivity contribution < 1.29 is 4.79 Å². The second-order valence-corrected chi connectivity index (χ2v) is 5.36. The number of amides is 1. The van der Waals surface area contributed by atoms with Crippen molar-refractivity contribution in [2.45, 2.75) is 38.0 Å². The highest BCUT2D eigenvalue weighted by molar-refractivity contribution is 5.90. The van der Waals surface area contributed by atoms with Crippen LogP contribution in [0, 0.1) is 0 Å². The van der Waals surface area contributed by atoms with Crippen molar-refractivity contribution >= 4 is 5.91 Å². The Morgan fingerprint density at radius 2 is 1.89 bits per heavy atom. The van der Waals surface area contributed by atoms with Gasteiger partial charge in [-0.2, -0.15) is 0 Å². The van der Waals surface area contributed by atoms with Crippen molar-refractivity contribution in [3.63, 3.8) is 0 Å². The molecule has 3 nitrogen and oxygen atoms in total. The normalized spacial score (nSPS) is 16.7. The lowest BCUT2D eigenvalue weighted by Crippen LogP contribution is -2.42. The molecule has 1 aliphatic rings. The predicted octanol–water partition coefficient (Wildman–Crippen LogP) is 2.26. The molecule has 2 rings (SSSR count). The van der Waals surface area contributed by atoms with Crippen LogP contribution in [0.4, 0.5) is 0 Å². The van der Waals surface area contributed by atoms with Gasteiger partial charge in [0, 0.05) is 14.1 Å². The zero-order valence-electron chi connectivity index (χ0n) is 11.5. The Hall–Kier alpha value is -1.35. The van der Waals surface area contributed by atoms with Crippen LogP contribution in [0.1, 0.15) is 37.3 Å². The minimum absolute atomic E-state index is 0.121. The Morgan fingerprint density at radius 1 is 1.28 bits per heavy atom. The van der Waals surface area contributed by atoms with E-state index in [0.29, 0.717) is 0 Å². The van der Waals surface area contributed by atoms with Gasteiger partial charge in [0.2, 0.25) is 5.91 Å². The van der Waals surface area contributed by atoms with Crippen LogP contribution in [0.3, 0.4) is 0 Å². The maximum Gasteiger partial charge on any atom is 0.244 e. The van der Waals surface area contributed by atoms with E-state index in [0.717, 1.165) is 31.2 Å². The third-order valence-electron chi connectivity index (χ3n) is 3.55. The lowest BCUT2D eigenvalue weighted by atomic mass is 9.93. The molecule has 1 amide bonds. The summed E-state index contributed by atoms with van der Waals surface area (Å²) in [4.78, 5) is 12.2. The molecule has 1 aromatic carbocycles. The molecule has 1 aromatic rings. The van der Waals surface area contributed by atoms with Crippen molar-refractivity contribution in [1.82, 2.24) is 10.4 Å². The standard InChI is InChI=1S/C15H22N2O/c1-4-5-12-6-8-13(9-7-12)15(10-11-15)14(18)16-17(2)3/h6-9H,4-5,10-11H2,1-3H3,(H,16,18). The average molecular weight is 246 g/mol. The Kier molecular flexibility index (Phi) is 3.71. The van der Waals surface area contributed by atoms with Gasteiger partial charge in [-0.3, -0.25) is 10.2 Å². The van der Waals surface area contributed by atoms with Crippen LogP contribution in [-0.2, 0) is 16.6 Å². The van der Waals surface area contributed by atoms with Gasteiger partial charge >= 0.3 is 0 Å². The average Bonchev–Trinajstić information content (AvgIpc) is 3.11. The third kappa shape index (κ3) is 2.56. The zero-order valence-corrected chi connectivity index (χ0v) is 11.5. The van der Waals surface area contributed by atoms with E-state index in [-0.39, 0.29) is 11.3 Å². The fraction of sp³-hybridized carbons (Fsp3) is 0.533. The van der Waals surface area contributed by atoms with Crippen LogP contribution < -0.4 is 5.43 Å². The first-order chi connectivity index (χ1) is 8.58. The minimum atomic E-state index is -0.269. The van der Waals surface area contributed by atoms with Crippen molar-refractivity contribution in [2.75, 3.05) is 14.1 Å². The maximum absolute atomic E-state index is 12.2. The molecule has 0 unspecified atom stereocenters. The van der Waals surface area contributed by atoms with Crippen LogP contribution in [0.5, 0.6) is 0 Å². The van der Waals surface area contributed by atoms with E-state index in [2.05, 4.69) is 36.6 Å². The first-order valence-corrected chi connectivity index (χ1v) is 6.66. The number of aryl methyl sites for hydroxylation is 1. The molecule has 0 atom stereocenters. The summed E-state index contributed by atoms with van der Waals surface area (Å²) in [5, 5.41) is 1.72. The molecular formula is C15H22N2O. The number of hydrogen-bond acceptors (Lipinski definition) is 2. The van der Waals surface area contributed by atoms with Crippen molar-refractivity contribution in [3.05, 3.63) is 35.4 Å². The summed E-state index contributed by atoms with van der Waals surface area (Å²) in [7, 11) is 3.69. The SMILES string of the molecule is CCCc1ccc(C2(C(=O)NN(C)C)CC2)cc1. The van der Waals surface area contributed by atoms with Gasteiger partial charge in [0.25, 0.3) is 0 Å². The van der Waals surface area contributed by atoms with Crippen LogP contribution in [0.2, 0.25) is 0 Å². The minimum Gasteiger partial charge on any atom is -0.289 e. The van der Waals surface area contributed by atoms with E-state index >= 15 is 0 Å². The molecule has 1 aliphatic carbocycles. The van der Waals surface area contributed by atoms with Gasteiger partial charge in [-0.1, -0.05) is 37.6 Å². The molecule has 1 N–H and O–H groups in total. The predicted molar refractivity (Wildman–Crippen MR) is 73.2 cm³/mol. The van der Waals surface area contributed by atoms with Gasteiger partial charge in [0.15, 0.2) is 0 Å². The molecule has 98 valence electrons. The summed E-state index contributed by atoms with van der Waals surface area (Å²) in [5.74, 6) is 0.121. The molecule has 18 heavy (non-hydrogen) atoms. The number of hydrogen-bond donors (Lipinski definition) is 1. The number of carbonyl (C=O) groups is 1. The van der Waals surface area contributed by atoms with Crippen molar-refractivity contribution in [3.8, 4) is 0 Å². The topological polar surface area (TPSA) is 32.3 Å². The second kappa shape index (κ2) is 5.11. The Balaban J connectivity index is 2.13. The molecule has 3 heteroatoms. The molecule has 0 aliphatic heterocycles. The van der Waals surface area contributed by atoms with Crippen LogP contribution in [0.25, 0.3) is 0 Å². The Labute approximate surface area is 109 Å². The van der Waals surface area contributed by atoms with E-state index in [1.165, 1.54) is 5.56 Å². The molecule has 0 radical (unpaired) electrons. The van der Waals surface area contributed by atoms with Gasteiger partial charge < -0.3 is 0 Å². The van der Waals surface area contributed by atoms with Crippen LogP contribution in [0.15, 0.2) is 24.3 Å². The largest absolute Gasteiger partial charge is 0.289 e. The molecule has 0 heterocycles. The van der Waals surface area contributed by atoms with Gasteiger partial charge in [-0.05, 0) is 30.4 Å². The summed E-state index contributed by atoms with van der Waals surface area (Å²) < 4.78 is 0. The summed E-state index contributed by atoms with van der Waals surface area (Å²) in [5.41, 5.74) is 5.12. The first-order valence-electron chi connectivity index (χ1n) is 6.66. The van der Waals surface area contributed by atoms with E-state index in [1.54, 1.807) is 5.01 Å². The van der Waals surface area contributed by atoms with Gasteiger partial charge in [0.1, 0.15) is 0 Å². The highest BCUT2D eigenvalue weighted by Gasteiger charge is 2.51. The number of benzene rings is 1. The molecule has 0 saturated heterocycles. The third-order valence-corrected chi connectivity index (χ3v) is 3.55. The first kappa shape index (κ1) is 13.1. The number of nitrogens with zero attached hydrogens (tertiary/aromatic N) is 1. The van der Waals surface area contributed by atoms with Gasteiger partial charge in [-0.15, -0.1) is 0 Å². The molecule has 0 spiro atoms. The zero-order chi connectivity index (χ0) is 13.2. The summed E-state index contributed by atoms with van der Waals surface area (Å²) in [6, 6.07) is 8.55. The van der Waals surface area contributed by atoms with E-state index < -0.39 is 0 Å². The lowest BCUT2D eigenvalue weighted by molar-refractivity contribution is -0.127. The van der Waals surface area contributed by atoms with Crippen molar-refractivity contribution in [2.24, 2.45) is 0 Å². The lowest BCUT2D eigenvalue weighted by Gasteiger charge is -2.19. The smallest absolute Gasteiger partial charge is 0.244 e. The number of nitrogens with one attached hydrogen (secondary N) is 1. The molecule has 0 bridgehead atoms. The highest BCUT2D eigenvalue weighted by Crippen LogP contribution is 2.48. The number of carbonyl (C=O) groups excluding carboxylic acids is 1. The number of hydrazine groups is 1. The van der Waals surface area contributed by atoms with E-state index in [1.807, 2.05) is 14.1 Å². The highest BCUT2D eigenvalue weighted by atomic mass is 16.2. The Morgan fingerprint density at radius 3 is 2.33 bits per heavy atom. The maximum atomic E-state index is 12.2. The van der Waals surface area contributed by atoms with E-state index in [9.17, 15) is 4.79 Å². The molecular weight excluding hydrogens is 224 g/mol. The summed E-state index contributed by atoms with van der Waals surface area (Å²) >= 11 is 0. The monoisotopic (exact) mass is 246 g/mol. The fourth-order valence-electron chi connectivity index (χ4n) is 2.36. The molecule has 0 aromatic heterocycles. The number of rotatable bonds is 5. The fourth-order valence-corrected chi connectivity index (χ4v) is 2.36. The quantitative estimate of drug-likeness (QED) is 0.808. The van der Waals surface area contributed by atoms with Crippen LogP contribution in [-0.4, -0.2) is 25.0 Å². The second-order valence-electron chi connectivity index (χ2n) is 5.36. The van der Waals surface area contributed by atoms with Gasteiger partial charge in [0.05, 0.1) is 5.41 Å². The van der Waals surface area contributed by atoms with E-state index in [4.69, 9.17) is 0 Å². The Bertz CT molecular complexity index is 419. The van der Waals surface area contributed by atoms with Gasteiger partial charge in [-0.25, -0.2) is 5.01 Å². The summed E-state index contributed by atoms with van der Waals surface area (Å²) in [6.07, 6.45) is 4.18. The summed E-state index contributed by atoms with van der Waals surface area (Å²) in [6.45, 7) is 2.18. The molecule has 1 saturated carbocycles.